The van der Waals surface area contributed by atoms with Gasteiger partial charge in [0.1, 0.15) is 11.2 Å². The molecule has 0 unspecified atom stereocenters. The number of thioether (sulfide) groups is 1. The molecule has 7 heteroatoms. The summed E-state index contributed by atoms with van der Waals surface area (Å²) in [6.45, 7) is 0. The molecule has 0 radical (unpaired) electrons. The summed E-state index contributed by atoms with van der Waals surface area (Å²) >= 11 is 4.94. The number of halogens is 1. The summed E-state index contributed by atoms with van der Waals surface area (Å²) in [5.41, 5.74) is -0.932. The number of nitrogens with zero attached hydrogens (tertiary/aromatic N) is 1. The van der Waals surface area contributed by atoms with Gasteiger partial charge in [-0.05, 0) is 52.4 Å². The van der Waals surface area contributed by atoms with E-state index in [0.717, 1.165) is 16.0 Å². The van der Waals surface area contributed by atoms with Gasteiger partial charge in [0.2, 0.25) is 0 Å². The van der Waals surface area contributed by atoms with Gasteiger partial charge in [0.05, 0.1) is 0 Å². The summed E-state index contributed by atoms with van der Waals surface area (Å²) in [6.07, 6.45) is 2.39. The number of carboxylic acids is 1. The molecular weight excluding hydrogens is 332 g/mol. The van der Waals surface area contributed by atoms with E-state index < -0.39 is 17.4 Å². The van der Waals surface area contributed by atoms with E-state index >= 15 is 0 Å². The van der Waals surface area contributed by atoms with Crippen LogP contribution < -0.4 is 5.32 Å². The van der Waals surface area contributed by atoms with Crippen molar-refractivity contribution in [3.05, 3.63) is 28.5 Å². The lowest BCUT2D eigenvalue weighted by atomic mass is 9.92. The summed E-state index contributed by atoms with van der Waals surface area (Å²) in [7, 11) is 0. The Morgan fingerprint density at radius 1 is 1.37 bits per heavy atom. The number of carbonyl (C=O) groups is 2. The second-order valence-corrected chi connectivity index (χ2v) is 6.46. The fourth-order valence-corrected chi connectivity index (χ4v) is 3.33. The van der Waals surface area contributed by atoms with Gasteiger partial charge in [-0.2, -0.15) is 11.8 Å². The van der Waals surface area contributed by atoms with Gasteiger partial charge in [-0.1, -0.05) is 0 Å². The van der Waals surface area contributed by atoms with Crippen molar-refractivity contribution in [2.45, 2.75) is 18.4 Å². The number of carbonyl (C=O) groups excluding carboxylic acids is 1. The summed E-state index contributed by atoms with van der Waals surface area (Å²) < 4.78 is 0.770. The largest absolute Gasteiger partial charge is 0.480 e. The number of amides is 1. The van der Waals surface area contributed by atoms with Crippen molar-refractivity contribution in [2.75, 3.05) is 11.5 Å². The molecule has 0 aromatic carbocycles. The molecule has 102 valence electrons. The molecule has 0 spiro atoms. The smallest absolute Gasteiger partial charge is 0.329 e. The first-order valence-corrected chi connectivity index (χ1v) is 7.73. The van der Waals surface area contributed by atoms with E-state index in [2.05, 4.69) is 26.2 Å². The van der Waals surface area contributed by atoms with Crippen molar-refractivity contribution in [1.29, 1.82) is 0 Å². The fraction of sp³-hybridized carbons (Fsp3) is 0.417. The summed E-state index contributed by atoms with van der Waals surface area (Å²) in [5, 5.41) is 12.0. The van der Waals surface area contributed by atoms with Gasteiger partial charge >= 0.3 is 5.97 Å². The maximum atomic E-state index is 12.1. The highest BCUT2D eigenvalue weighted by Crippen LogP contribution is 2.27. The van der Waals surface area contributed by atoms with Crippen LogP contribution in [0.5, 0.6) is 0 Å². The highest BCUT2D eigenvalue weighted by molar-refractivity contribution is 9.10. The van der Waals surface area contributed by atoms with Crippen molar-refractivity contribution in [1.82, 2.24) is 10.3 Å². The molecule has 2 rings (SSSR count). The molecule has 0 atom stereocenters. The van der Waals surface area contributed by atoms with Crippen LogP contribution >= 0.6 is 27.7 Å². The molecule has 0 bridgehead atoms. The number of hydrogen-bond donors (Lipinski definition) is 2. The van der Waals surface area contributed by atoms with Crippen LogP contribution in [0.25, 0.3) is 0 Å². The Kier molecular flexibility index (Phi) is 4.46. The summed E-state index contributed by atoms with van der Waals surface area (Å²) in [6, 6.07) is 3.26. The highest BCUT2D eigenvalue weighted by atomic mass is 79.9. The monoisotopic (exact) mass is 344 g/mol. The van der Waals surface area contributed by atoms with Crippen LogP contribution in [-0.2, 0) is 4.79 Å². The zero-order valence-electron chi connectivity index (χ0n) is 10.1. The molecule has 1 aromatic rings. The minimum Gasteiger partial charge on any atom is -0.480 e. The second-order valence-electron chi connectivity index (χ2n) is 4.32. The molecule has 1 amide bonds. The predicted molar refractivity (Wildman–Crippen MR) is 76.3 cm³/mol. The Bertz CT molecular complexity index is 486. The van der Waals surface area contributed by atoms with Crippen LogP contribution in [0.15, 0.2) is 22.8 Å². The van der Waals surface area contributed by atoms with Crippen molar-refractivity contribution in [3.8, 4) is 0 Å². The predicted octanol–water partition coefficient (Wildman–Crippen LogP) is 1.92. The maximum Gasteiger partial charge on any atom is 0.329 e. The number of carboxylic acid groups (broad SMARTS) is 1. The molecule has 2 N–H and O–H groups in total. The van der Waals surface area contributed by atoms with E-state index in [-0.39, 0.29) is 5.69 Å². The number of aromatic nitrogens is 1. The number of rotatable bonds is 3. The van der Waals surface area contributed by atoms with E-state index in [1.54, 1.807) is 23.9 Å². The van der Waals surface area contributed by atoms with Gasteiger partial charge in [0.25, 0.3) is 5.91 Å². The van der Waals surface area contributed by atoms with E-state index in [4.69, 9.17) is 0 Å². The van der Waals surface area contributed by atoms with Crippen LogP contribution in [0.4, 0.5) is 0 Å². The number of hydrogen-bond acceptors (Lipinski definition) is 4. The minimum absolute atomic E-state index is 0.224. The van der Waals surface area contributed by atoms with Crippen LogP contribution in [0.3, 0.4) is 0 Å². The number of pyridine rings is 1. The first-order chi connectivity index (χ1) is 9.03. The fourth-order valence-electron chi connectivity index (χ4n) is 1.90. The van der Waals surface area contributed by atoms with Crippen molar-refractivity contribution < 1.29 is 14.7 Å². The lowest BCUT2D eigenvalue weighted by Gasteiger charge is -2.33. The third-order valence-electron chi connectivity index (χ3n) is 3.07. The SMILES string of the molecule is O=C(NC1(C(=O)O)CCSCC1)c1ccc(Br)cn1. The third kappa shape index (κ3) is 3.27. The van der Waals surface area contributed by atoms with Crippen molar-refractivity contribution in [2.24, 2.45) is 0 Å². The van der Waals surface area contributed by atoms with Gasteiger partial charge in [0.15, 0.2) is 0 Å². The quantitative estimate of drug-likeness (QED) is 0.875. The first-order valence-electron chi connectivity index (χ1n) is 5.79. The molecule has 1 fully saturated rings. The zero-order valence-corrected chi connectivity index (χ0v) is 12.5. The lowest BCUT2D eigenvalue weighted by Crippen LogP contribution is -2.56. The molecule has 1 aliphatic heterocycles. The Hall–Kier alpha value is -1.08. The average Bonchev–Trinajstić information content (AvgIpc) is 2.40. The Labute approximate surface area is 123 Å². The van der Waals surface area contributed by atoms with E-state index in [0.29, 0.717) is 12.8 Å². The molecule has 19 heavy (non-hydrogen) atoms. The zero-order chi connectivity index (χ0) is 13.9. The molecule has 1 aromatic heterocycles. The molecule has 5 nitrogen and oxygen atoms in total. The molecule has 0 aliphatic carbocycles. The van der Waals surface area contributed by atoms with Gasteiger partial charge < -0.3 is 10.4 Å². The van der Waals surface area contributed by atoms with Crippen molar-refractivity contribution >= 4 is 39.6 Å². The van der Waals surface area contributed by atoms with Crippen molar-refractivity contribution in [3.63, 3.8) is 0 Å². The van der Waals surface area contributed by atoms with Gasteiger partial charge in [-0.25, -0.2) is 9.78 Å². The lowest BCUT2D eigenvalue weighted by molar-refractivity contribution is -0.144. The van der Waals surface area contributed by atoms with Gasteiger partial charge in [-0.3, -0.25) is 4.79 Å². The molecule has 0 saturated carbocycles. The Balaban J connectivity index is 2.15. The first kappa shape index (κ1) is 14.3. The van der Waals surface area contributed by atoms with Crippen LogP contribution in [-0.4, -0.2) is 39.0 Å². The summed E-state index contributed by atoms with van der Waals surface area (Å²) in [5.74, 6) is 0.0563. The Morgan fingerprint density at radius 3 is 2.58 bits per heavy atom. The standard InChI is InChI=1S/C12H13BrN2O3S/c13-8-1-2-9(14-7-8)10(16)15-12(11(17)18)3-5-19-6-4-12/h1-2,7H,3-6H2,(H,15,16)(H,17,18). The molecule has 1 saturated heterocycles. The molecule has 2 heterocycles. The highest BCUT2D eigenvalue weighted by Gasteiger charge is 2.41. The van der Waals surface area contributed by atoms with Crippen LogP contribution in [0.2, 0.25) is 0 Å². The van der Waals surface area contributed by atoms with E-state index in [9.17, 15) is 14.7 Å². The minimum atomic E-state index is -1.16. The van der Waals surface area contributed by atoms with Gasteiger partial charge in [-0.15, -0.1) is 0 Å². The maximum absolute atomic E-state index is 12.1. The second kappa shape index (κ2) is 5.92. The average molecular weight is 345 g/mol. The molecule has 1 aliphatic rings. The Morgan fingerprint density at radius 2 is 2.05 bits per heavy atom. The number of aliphatic carboxylic acids is 1. The number of nitrogens with one attached hydrogen (secondary N) is 1. The van der Waals surface area contributed by atoms with Crippen LogP contribution in [0.1, 0.15) is 23.3 Å². The van der Waals surface area contributed by atoms with E-state index in [1.165, 1.54) is 6.20 Å². The molecular formula is C12H13BrN2O3S. The third-order valence-corrected chi connectivity index (χ3v) is 4.52. The van der Waals surface area contributed by atoms with E-state index in [1.807, 2.05) is 0 Å². The van der Waals surface area contributed by atoms with Gasteiger partial charge in [0, 0.05) is 10.7 Å². The van der Waals surface area contributed by atoms with Crippen LogP contribution in [0, 0.1) is 0 Å². The topological polar surface area (TPSA) is 79.3 Å². The normalized spacial score (nSPS) is 17.7. The summed E-state index contributed by atoms with van der Waals surface area (Å²) in [4.78, 5) is 27.5.